The van der Waals surface area contributed by atoms with Crippen molar-refractivity contribution in [2.45, 2.75) is 38.1 Å². The summed E-state index contributed by atoms with van der Waals surface area (Å²) >= 11 is 0. The Kier molecular flexibility index (Phi) is 5.63. The van der Waals surface area contributed by atoms with Crippen LogP contribution >= 0.6 is 0 Å². The molecule has 0 unspecified atom stereocenters. The Morgan fingerprint density at radius 1 is 0.912 bits per heavy atom. The number of hydrogen-bond donors (Lipinski definition) is 0. The fourth-order valence-electron chi connectivity index (χ4n) is 5.05. The van der Waals surface area contributed by atoms with E-state index in [1.807, 2.05) is 59.3 Å². The molecule has 34 heavy (non-hydrogen) atoms. The zero-order valence-electron chi connectivity index (χ0n) is 19.0. The third kappa shape index (κ3) is 4.12. The van der Waals surface area contributed by atoms with Crippen LogP contribution in [0.1, 0.15) is 32.1 Å². The van der Waals surface area contributed by atoms with Crippen molar-refractivity contribution < 1.29 is 4.39 Å². The van der Waals surface area contributed by atoms with Crippen LogP contribution in [0, 0.1) is 11.7 Å². The molecule has 6 nitrogen and oxygen atoms in total. The lowest BCUT2D eigenvalue weighted by atomic mass is 9.85. The summed E-state index contributed by atoms with van der Waals surface area (Å²) in [4.78, 5) is 20.2. The second-order valence-electron chi connectivity index (χ2n) is 9.26. The monoisotopic (exact) mass is 454 g/mol. The first-order valence-corrected chi connectivity index (χ1v) is 12.1. The number of benzene rings is 1. The average molecular weight is 455 g/mol. The average Bonchev–Trinajstić information content (AvgIpc) is 3.27. The predicted octanol–water partition coefficient (Wildman–Crippen LogP) is 5.56. The van der Waals surface area contributed by atoms with Crippen LogP contribution in [0.25, 0.3) is 28.2 Å². The number of nitrogens with zero attached hydrogens (tertiary/aromatic N) is 6. The highest BCUT2D eigenvalue weighted by Gasteiger charge is 2.28. The van der Waals surface area contributed by atoms with Gasteiger partial charge in [0, 0.05) is 18.5 Å². The van der Waals surface area contributed by atoms with E-state index in [9.17, 15) is 4.39 Å². The molecule has 4 aromatic rings. The molecule has 172 valence electrons. The standard InChI is InChI=1S/C27H27FN6/c28-23-16-31-27(30-15-19-7-10-22(11-8-19)33-13-4-14-33)32-26(23)24-17-29-25-12-9-21(18-34(24)25)20-5-2-1-3-6-20/h1-3,5-6,9,12,15-19,22H,4,7-8,10-11,13-14H2. The number of aliphatic imine (C=N–C) groups is 1. The Balaban J connectivity index is 1.25. The Hall–Kier alpha value is -3.45. The SMILES string of the molecule is Fc1cnc(N=CC2CCC(N3CCC3)CC2)nc1-c1cnc2ccc(-c3ccccc3)cn12. The number of halogens is 1. The minimum absolute atomic E-state index is 0.210. The van der Waals surface area contributed by atoms with Crippen molar-refractivity contribution in [3.05, 3.63) is 66.9 Å². The zero-order chi connectivity index (χ0) is 22.9. The fourth-order valence-corrected chi connectivity index (χ4v) is 5.05. The van der Waals surface area contributed by atoms with Crippen molar-refractivity contribution in [1.29, 1.82) is 0 Å². The number of imidazole rings is 1. The molecule has 0 amide bonds. The molecule has 1 aliphatic heterocycles. The van der Waals surface area contributed by atoms with E-state index in [0.29, 0.717) is 11.6 Å². The highest BCUT2D eigenvalue weighted by atomic mass is 19.1. The molecule has 2 aliphatic rings. The highest BCUT2D eigenvalue weighted by molar-refractivity contribution is 5.69. The summed E-state index contributed by atoms with van der Waals surface area (Å²) in [5.41, 5.74) is 3.63. The van der Waals surface area contributed by atoms with Crippen LogP contribution in [0.3, 0.4) is 0 Å². The zero-order valence-corrected chi connectivity index (χ0v) is 19.0. The number of aromatic nitrogens is 4. The van der Waals surface area contributed by atoms with E-state index < -0.39 is 5.82 Å². The number of fused-ring (bicyclic) bond motifs is 1. The Morgan fingerprint density at radius 3 is 2.50 bits per heavy atom. The molecule has 0 bridgehead atoms. The molecule has 0 spiro atoms. The smallest absolute Gasteiger partial charge is 0.249 e. The van der Waals surface area contributed by atoms with Gasteiger partial charge in [0.25, 0.3) is 0 Å². The molecule has 7 heteroatoms. The molecule has 1 saturated heterocycles. The molecule has 4 heterocycles. The number of likely N-dealkylation sites (tertiary alicyclic amines) is 1. The third-order valence-electron chi connectivity index (χ3n) is 7.14. The van der Waals surface area contributed by atoms with Gasteiger partial charge in [-0.3, -0.25) is 4.40 Å². The van der Waals surface area contributed by atoms with Gasteiger partial charge in [0.15, 0.2) is 5.82 Å². The van der Waals surface area contributed by atoms with Crippen molar-refractivity contribution in [1.82, 2.24) is 24.3 Å². The van der Waals surface area contributed by atoms with Gasteiger partial charge in [-0.2, -0.15) is 0 Å². The second-order valence-corrected chi connectivity index (χ2v) is 9.26. The summed E-state index contributed by atoms with van der Waals surface area (Å²) in [6.07, 6.45) is 12.8. The van der Waals surface area contributed by atoms with Gasteiger partial charge >= 0.3 is 0 Å². The molecular formula is C27H27FN6. The Labute approximate surface area is 198 Å². The normalized spacial score (nSPS) is 21.2. The van der Waals surface area contributed by atoms with E-state index >= 15 is 0 Å². The van der Waals surface area contributed by atoms with Crippen LogP contribution in [0.5, 0.6) is 0 Å². The van der Waals surface area contributed by atoms with Crippen LogP contribution < -0.4 is 0 Å². The summed E-state index contributed by atoms with van der Waals surface area (Å²) in [6, 6.07) is 14.8. The molecule has 1 aliphatic carbocycles. The molecule has 0 N–H and O–H groups in total. The van der Waals surface area contributed by atoms with E-state index in [0.717, 1.165) is 35.7 Å². The van der Waals surface area contributed by atoms with Crippen LogP contribution in [-0.2, 0) is 0 Å². The van der Waals surface area contributed by atoms with Crippen LogP contribution in [0.4, 0.5) is 10.3 Å². The minimum atomic E-state index is -0.485. The van der Waals surface area contributed by atoms with E-state index in [-0.39, 0.29) is 11.6 Å². The largest absolute Gasteiger partial charge is 0.300 e. The summed E-state index contributed by atoms with van der Waals surface area (Å²) in [6.45, 7) is 2.51. The van der Waals surface area contributed by atoms with Gasteiger partial charge < -0.3 is 4.90 Å². The second kappa shape index (κ2) is 9.06. The van der Waals surface area contributed by atoms with Gasteiger partial charge in [0.1, 0.15) is 11.3 Å². The molecular weight excluding hydrogens is 427 g/mol. The van der Waals surface area contributed by atoms with Crippen molar-refractivity contribution in [2.24, 2.45) is 10.9 Å². The molecule has 3 aromatic heterocycles. The topological polar surface area (TPSA) is 58.7 Å². The Bertz CT molecular complexity index is 1320. The van der Waals surface area contributed by atoms with E-state index in [1.165, 1.54) is 38.5 Å². The van der Waals surface area contributed by atoms with Crippen LogP contribution in [-0.4, -0.2) is 49.6 Å². The summed E-state index contributed by atoms with van der Waals surface area (Å²) in [5, 5.41) is 0. The maximum Gasteiger partial charge on any atom is 0.249 e. The Morgan fingerprint density at radius 2 is 1.74 bits per heavy atom. The van der Waals surface area contributed by atoms with Gasteiger partial charge in [-0.25, -0.2) is 24.3 Å². The maximum atomic E-state index is 14.8. The van der Waals surface area contributed by atoms with E-state index in [1.54, 1.807) is 6.20 Å². The quantitative estimate of drug-likeness (QED) is 0.370. The first-order valence-electron chi connectivity index (χ1n) is 12.1. The van der Waals surface area contributed by atoms with Gasteiger partial charge in [0.05, 0.1) is 18.1 Å². The number of rotatable bonds is 5. The molecule has 2 fully saturated rings. The van der Waals surface area contributed by atoms with E-state index in [4.69, 9.17) is 0 Å². The molecule has 1 saturated carbocycles. The summed E-state index contributed by atoms with van der Waals surface area (Å²) in [7, 11) is 0. The van der Waals surface area contributed by atoms with E-state index in [2.05, 4.69) is 24.8 Å². The molecule has 0 radical (unpaired) electrons. The molecule has 0 atom stereocenters. The minimum Gasteiger partial charge on any atom is -0.300 e. The summed E-state index contributed by atoms with van der Waals surface area (Å²) in [5.74, 6) is 0.232. The highest BCUT2D eigenvalue weighted by Crippen LogP contribution is 2.30. The lowest BCUT2D eigenvalue weighted by Crippen LogP contribution is -2.46. The maximum absolute atomic E-state index is 14.8. The van der Waals surface area contributed by atoms with Crippen molar-refractivity contribution in [3.63, 3.8) is 0 Å². The first kappa shape index (κ1) is 21.1. The lowest BCUT2D eigenvalue weighted by Gasteiger charge is -2.41. The van der Waals surface area contributed by atoms with Crippen LogP contribution in [0.2, 0.25) is 0 Å². The van der Waals surface area contributed by atoms with Crippen molar-refractivity contribution >= 4 is 17.8 Å². The van der Waals surface area contributed by atoms with Gasteiger partial charge in [-0.15, -0.1) is 0 Å². The lowest BCUT2D eigenvalue weighted by molar-refractivity contribution is 0.0863. The van der Waals surface area contributed by atoms with Gasteiger partial charge in [0.2, 0.25) is 5.95 Å². The first-order chi connectivity index (χ1) is 16.7. The molecule has 1 aromatic carbocycles. The number of hydrogen-bond acceptors (Lipinski definition) is 5. The number of pyridine rings is 1. The van der Waals surface area contributed by atoms with Crippen molar-refractivity contribution in [2.75, 3.05) is 13.1 Å². The third-order valence-corrected chi connectivity index (χ3v) is 7.14. The fraction of sp³-hybridized carbons (Fsp3) is 0.333. The van der Waals surface area contributed by atoms with Crippen molar-refractivity contribution in [3.8, 4) is 22.5 Å². The van der Waals surface area contributed by atoms with Crippen LogP contribution in [0.15, 0.2) is 66.0 Å². The predicted molar refractivity (Wildman–Crippen MR) is 132 cm³/mol. The van der Waals surface area contributed by atoms with Gasteiger partial charge in [-0.05, 0) is 74.4 Å². The van der Waals surface area contributed by atoms with Gasteiger partial charge in [-0.1, -0.05) is 30.3 Å². The molecule has 6 rings (SSSR count). The summed E-state index contributed by atoms with van der Waals surface area (Å²) < 4.78 is 16.7.